The number of hydrogen-bond donors (Lipinski definition) is 1. The van der Waals surface area contributed by atoms with E-state index < -0.39 is 10.0 Å². The first-order valence-corrected chi connectivity index (χ1v) is 11.5. The summed E-state index contributed by atoms with van der Waals surface area (Å²) in [6.45, 7) is 3.97. The van der Waals surface area contributed by atoms with Gasteiger partial charge in [-0.3, -0.25) is 9.69 Å². The van der Waals surface area contributed by atoms with Crippen LogP contribution in [0, 0.1) is 0 Å². The molecule has 0 aliphatic carbocycles. The molecule has 1 saturated heterocycles. The number of carbonyl (C=O) groups is 1. The highest BCUT2D eigenvalue weighted by molar-refractivity contribution is 9.10. The number of carbonyl (C=O) groups excluding carboxylic acids is 1. The molecule has 1 N–H and O–H groups in total. The Morgan fingerprint density at radius 1 is 1.00 bits per heavy atom. The normalized spacial score (nSPS) is 15.5. The zero-order chi connectivity index (χ0) is 20.0. The third-order valence-corrected chi connectivity index (χ3v) is 6.66. The van der Waals surface area contributed by atoms with Crippen molar-refractivity contribution in [2.45, 2.75) is 17.9 Å². The van der Waals surface area contributed by atoms with Gasteiger partial charge in [-0.25, -0.2) is 13.1 Å². The predicted molar refractivity (Wildman–Crippen MR) is 112 cm³/mol. The molecule has 2 aromatic rings. The SMILES string of the molecule is O=C(CCNS(=O)(=O)c1cccc(Br)c1)N1CCN(Cc2ccccc2)CC1. The Labute approximate surface area is 174 Å². The molecule has 0 aromatic heterocycles. The van der Waals surface area contributed by atoms with Crippen molar-refractivity contribution in [2.24, 2.45) is 0 Å². The lowest BCUT2D eigenvalue weighted by Crippen LogP contribution is -2.48. The quantitative estimate of drug-likeness (QED) is 0.681. The van der Waals surface area contributed by atoms with Crippen molar-refractivity contribution in [1.82, 2.24) is 14.5 Å². The van der Waals surface area contributed by atoms with Crippen LogP contribution in [0.5, 0.6) is 0 Å². The standard InChI is InChI=1S/C20H24BrN3O3S/c21-18-7-4-8-19(15-18)28(26,27)22-10-9-20(25)24-13-11-23(12-14-24)16-17-5-2-1-3-6-17/h1-8,15,22H,9-14,16H2. The molecule has 3 rings (SSSR count). The van der Waals surface area contributed by atoms with Gasteiger partial charge in [-0.1, -0.05) is 52.3 Å². The van der Waals surface area contributed by atoms with Crippen molar-refractivity contribution in [3.05, 3.63) is 64.6 Å². The third kappa shape index (κ3) is 5.88. The number of benzene rings is 2. The van der Waals surface area contributed by atoms with Crippen molar-refractivity contribution in [1.29, 1.82) is 0 Å². The Bertz CT molecular complexity index is 898. The second-order valence-corrected chi connectivity index (χ2v) is 9.43. The van der Waals surface area contributed by atoms with E-state index in [9.17, 15) is 13.2 Å². The van der Waals surface area contributed by atoms with Crippen LogP contribution in [-0.2, 0) is 21.4 Å². The summed E-state index contributed by atoms with van der Waals surface area (Å²) in [4.78, 5) is 16.7. The highest BCUT2D eigenvalue weighted by Gasteiger charge is 2.21. The first kappa shape index (κ1) is 21.0. The molecule has 1 aliphatic rings. The van der Waals surface area contributed by atoms with Crippen LogP contribution in [0.25, 0.3) is 0 Å². The highest BCUT2D eigenvalue weighted by atomic mass is 79.9. The molecule has 0 atom stereocenters. The lowest BCUT2D eigenvalue weighted by Gasteiger charge is -2.34. The number of amides is 1. The topological polar surface area (TPSA) is 69.7 Å². The van der Waals surface area contributed by atoms with Crippen LogP contribution in [0.2, 0.25) is 0 Å². The number of rotatable bonds is 7. The van der Waals surface area contributed by atoms with Crippen LogP contribution in [0.15, 0.2) is 64.0 Å². The van der Waals surface area contributed by atoms with E-state index in [4.69, 9.17) is 0 Å². The van der Waals surface area contributed by atoms with Crippen molar-refractivity contribution >= 4 is 31.9 Å². The van der Waals surface area contributed by atoms with E-state index in [1.165, 1.54) is 17.7 Å². The van der Waals surface area contributed by atoms with E-state index in [1.807, 2.05) is 23.1 Å². The van der Waals surface area contributed by atoms with Gasteiger partial charge in [-0.05, 0) is 23.8 Å². The molecule has 6 nitrogen and oxygen atoms in total. The van der Waals surface area contributed by atoms with Crippen molar-refractivity contribution in [3.63, 3.8) is 0 Å². The Kier molecular flexibility index (Phi) is 7.23. The third-order valence-electron chi connectivity index (χ3n) is 4.71. The molecule has 1 heterocycles. The monoisotopic (exact) mass is 465 g/mol. The fourth-order valence-electron chi connectivity index (χ4n) is 3.16. The molecule has 1 fully saturated rings. The average Bonchev–Trinajstić information content (AvgIpc) is 2.69. The van der Waals surface area contributed by atoms with Crippen LogP contribution < -0.4 is 4.72 Å². The van der Waals surface area contributed by atoms with Gasteiger partial charge in [0.25, 0.3) is 0 Å². The minimum Gasteiger partial charge on any atom is -0.340 e. The summed E-state index contributed by atoms with van der Waals surface area (Å²) in [7, 11) is -3.61. The summed E-state index contributed by atoms with van der Waals surface area (Å²) in [5.74, 6) is -0.0173. The largest absolute Gasteiger partial charge is 0.340 e. The summed E-state index contributed by atoms with van der Waals surface area (Å²) in [6, 6.07) is 16.8. The lowest BCUT2D eigenvalue weighted by atomic mass is 10.2. The second-order valence-electron chi connectivity index (χ2n) is 6.75. The van der Waals surface area contributed by atoms with Gasteiger partial charge in [0, 0.05) is 50.2 Å². The van der Waals surface area contributed by atoms with Crippen LogP contribution >= 0.6 is 15.9 Å². The molecule has 1 aliphatic heterocycles. The van der Waals surface area contributed by atoms with E-state index in [1.54, 1.807) is 12.1 Å². The van der Waals surface area contributed by atoms with Crippen LogP contribution in [0.1, 0.15) is 12.0 Å². The molecule has 1 amide bonds. The van der Waals surface area contributed by atoms with Gasteiger partial charge in [-0.2, -0.15) is 0 Å². The van der Waals surface area contributed by atoms with Gasteiger partial charge >= 0.3 is 0 Å². The molecular weight excluding hydrogens is 442 g/mol. The fourth-order valence-corrected chi connectivity index (χ4v) is 4.79. The molecule has 0 spiro atoms. The number of nitrogens with one attached hydrogen (secondary N) is 1. The lowest BCUT2D eigenvalue weighted by molar-refractivity contribution is -0.132. The Morgan fingerprint density at radius 3 is 2.39 bits per heavy atom. The van der Waals surface area contributed by atoms with Crippen LogP contribution in [0.3, 0.4) is 0 Å². The number of nitrogens with zero attached hydrogens (tertiary/aromatic N) is 2. The average molecular weight is 466 g/mol. The fraction of sp³-hybridized carbons (Fsp3) is 0.350. The molecule has 2 aromatic carbocycles. The molecular formula is C20H24BrN3O3S. The van der Waals surface area contributed by atoms with E-state index in [2.05, 4.69) is 37.7 Å². The van der Waals surface area contributed by atoms with Gasteiger partial charge in [0.15, 0.2) is 0 Å². The highest BCUT2D eigenvalue weighted by Crippen LogP contribution is 2.16. The van der Waals surface area contributed by atoms with E-state index in [0.717, 1.165) is 19.6 Å². The molecule has 0 bridgehead atoms. The van der Waals surface area contributed by atoms with Crippen molar-refractivity contribution < 1.29 is 13.2 Å². The summed E-state index contributed by atoms with van der Waals surface area (Å²) < 4.78 is 27.8. The van der Waals surface area contributed by atoms with Crippen LogP contribution in [-0.4, -0.2) is 56.8 Å². The van der Waals surface area contributed by atoms with Gasteiger partial charge in [0.1, 0.15) is 0 Å². The molecule has 0 saturated carbocycles. The Morgan fingerprint density at radius 2 is 1.71 bits per heavy atom. The number of halogens is 1. The van der Waals surface area contributed by atoms with E-state index >= 15 is 0 Å². The van der Waals surface area contributed by atoms with Crippen molar-refractivity contribution in [3.8, 4) is 0 Å². The van der Waals surface area contributed by atoms with E-state index in [-0.39, 0.29) is 23.8 Å². The zero-order valence-electron chi connectivity index (χ0n) is 15.6. The smallest absolute Gasteiger partial charge is 0.240 e. The van der Waals surface area contributed by atoms with Gasteiger partial charge < -0.3 is 4.90 Å². The Balaban J connectivity index is 1.42. The minimum absolute atomic E-state index is 0.0173. The Hall–Kier alpha value is -1.74. The number of hydrogen-bond acceptors (Lipinski definition) is 4. The van der Waals surface area contributed by atoms with Crippen molar-refractivity contribution in [2.75, 3.05) is 32.7 Å². The maximum absolute atomic E-state index is 12.4. The summed E-state index contributed by atoms with van der Waals surface area (Å²) >= 11 is 3.27. The van der Waals surface area contributed by atoms with Gasteiger partial charge in [-0.15, -0.1) is 0 Å². The molecule has 8 heteroatoms. The first-order valence-electron chi connectivity index (χ1n) is 9.23. The van der Waals surface area contributed by atoms with Gasteiger partial charge in [0.05, 0.1) is 4.90 Å². The number of piperazine rings is 1. The minimum atomic E-state index is -3.61. The molecule has 150 valence electrons. The number of sulfonamides is 1. The summed E-state index contributed by atoms with van der Waals surface area (Å²) in [5.41, 5.74) is 1.27. The predicted octanol–water partition coefficient (Wildman–Crippen LogP) is 2.46. The maximum atomic E-state index is 12.4. The van der Waals surface area contributed by atoms with E-state index in [0.29, 0.717) is 17.6 Å². The second kappa shape index (κ2) is 9.65. The summed E-state index contributed by atoms with van der Waals surface area (Å²) in [5, 5.41) is 0. The first-order chi connectivity index (χ1) is 13.4. The zero-order valence-corrected chi connectivity index (χ0v) is 18.0. The molecule has 0 unspecified atom stereocenters. The molecule has 28 heavy (non-hydrogen) atoms. The van der Waals surface area contributed by atoms with Crippen LogP contribution in [0.4, 0.5) is 0 Å². The summed E-state index contributed by atoms with van der Waals surface area (Å²) in [6.07, 6.45) is 0.159. The molecule has 0 radical (unpaired) electrons. The van der Waals surface area contributed by atoms with Gasteiger partial charge in [0.2, 0.25) is 15.9 Å². The maximum Gasteiger partial charge on any atom is 0.240 e.